The number of hydrogen-bond acceptors (Lipinski definition) is 5. The van der Waals surface area contributed by atoms with Crippen molar-refractivity contribution < 1.29 is 23.5 Å². The van der Waals surface area contributed by atoms with Crippen molar-refractivity contribution in [1.29, 1.82) is 0 Å². The van der Waals surface area contributed by atoms with Crippen LogP contribution in [-0.2, 0) is 9.47 Å². The third-order valence-electron chi connectivity index (χ3n) is 3.85. The topological polar surface area (TPSA) is 70.4 Å². The monoisotopic (exact) mass is 432 g/mol. The summed E-state index contributed by atoms with van der Waals surface area (Å²) < 4.78 is 25.8. The zero-order valence-electron chi connectivity index (χ0n) is 14.4. The lowest BCUT2D eigenvalue weighted by atomic mass is 10.0. The molecule has 0 aliphatic heterocycles. The van der Waals surface area contributed by atoms with Crippen LogP contribution in [-0.4, -0.2) is 35.9 Å². The Morgan fingerprint density at radius 2 is 1.67 bits per heavy atom. The molecule has 0 aliphatic rings. The number of nitrogens with zero attached hydrogens (tertiary/aromatic N) is 2. The number of para-hydroxylation sites is 1. The molecule has 0 bridgehead atoms. The molecule has 0 aliphatic carbocycles. The van der Waals surface area contributed by atoms with Crippen LogP contribution in [0.25, 0.3) is 16.9 Å². The minimum Gasteiger partial charge on any atom is -0.465 e. The highest BCUT2D eigenvalue weighted by atomic mass is 79.9. The summed E-state index contributed by atoms with van der Waals surface area (Å²) in [5.41, 5.74) is 0.176. The molecule has 0 saturated carbocycles. The number of esters is 2. The molecule has 0 N–H and O–H groups in total. The maximum absolute atomic E-state index is 14.6. The fraction of sp³-hybridized carbons (Fsp3) is 0.105. The second-order valence-corrected chi connectivity index (χ2v) is 6.25. The van der Waals surface area contributed by atoms with Crippen LogP contribution in [0.15, 0.2) is 53.0 Å². The molecule has 27 heavy (non-hydrogen) atoms. The second kappa shape index (κ2) is 7.71. The van der Waals surface area contributed by atoms with E-state index in [4.69, 9.17) is 9.47 Å². The van der Waals surface area contributed by atoms with Crippen LogP contribution in [0, 0.1) is 5.82 Å². The van der Waals surface area contributed by atoms with Crippen LogP contribution in [0.1, 0.15) is 20.8 Å². The van der Waals surface area contributed by atoms with Crippen molar-refractivity contribution in [2.75, 3.05) is 14.2 Å². The lowest BCUT2D eigenvalue weighted by Crippen LogP contribution is -2.15. The van der Waals surface area contributed by atoms with E-state index in [1.807, 2.05) is 0 Å². The normalized spacial score (nSPS) is 10.5. The molecule has 138 valence electrons. The van der Waals surface area contributed by atoms with Gasteiger partial charge in [0.25, 0.3) is 0 Å². The Morgan fingerprint density at radius 1 is 1.00 bits per heavy atom. The van der Waals surface area contributed by atoms with E-state index in [9.17, 15) is 14.0 Å². The van der Waals surface area contributed by atoms with Gasteiger partial charge in [-0.15, -0.1) is 0 Å². The maximum Gasteiger partial charge on any atom is 0.357 e. The van der Waals surface area contributed by atoms with Gasteiger partial charge in [-0.2, -0.15) is 5.10 Å². The summed E-state index contributed by atoms with van der Waals surface area (Å²) >= 11 is 3.28. The second-order valence-electron chi connectivity index (χ2n) is 5.40. The predicted octanol–water partition coefficient (Wildman–Crippen LogP) is 4.01. The van der Waals surface area contributed by atoms with E-state index in [0.29, 0.717) is 10.2 Å². The quantitative estimate of drug-likeness (QED) is 0.582. The molecule has 1 aromatic heterocycles. The van der Waals surface area contributed by atoms with Gasteiger partial charge in [-0.05, 0) is 40.2 Å². The van der Waals surface area contributed by atoms with Crippen LogP contribution in [0.4, 0.5) is 4.39 Å². The van der Waals surface area contributed by atoms with Gasteiger partial charge in [-0.1, -0.05) is 24.3 Å². The first-order valence-electron chi connectivity index (χ1n) is 7.79. The van der Waals surface area contributed by atoms with E-state index < -0.39 is 17.8 Å². The SMILES string of the molecule is COC(=O)c1c(-c2c(F)cccc2Br)nn(-c2ccccc2)c1C(=O)OC. The first kappa shape index (κ1) is 18.8. The van der Waals surface area contributed by atoms with Gasteiger partial charge in [0.2, 0.25) is 0 Å². The number of carbonyl (C=O) groups is 2. The molecule has 3 aromatic rings. The minimum absolute atomic E-state index is 0.0314. The van der Waals surface area contributed by atoms with E-state index in [1.54, 1.807) is 36.4 Å². The van der Waals surface area contributed by atoms with Crippen molar-refractivity contribution in [1.82, 2.24) is 9.78 Å². The van der Waals surface area contributed by atoms with Crippen molar-refractivity contribution in [2.24, 2.45) is 0 Å². The first-order valence-corrected chi connectivity index (χ1v) is 8.58. The third-order valence-corrected chi connectivity index (χ3v) is 4.51. The Kier molecular flexibility index (Phi) is 5.36. The molecule has 6 nitrogen and oxygen atoms in total. The Labute approximate surface area is 162 Å². The fourth-order valence-corrected chi connectivity index (χ4v) is 3.18. The lowest BCUT2D eigenvalue weighted by molar-refractivity contribution is 0.0549. The maximum atomic E-state index is 14.6. The summed E-state index contributed by atoms with van der Waals surface area (Å²) in [6.45, 7) is 0. The molecule has 2 aromatic carbocycles. The lowest BCUT2D eigenvalue weighted by Gasteiger charge is -2.07. The number of aromatic nitrogens is 2. The largest absolute Gasteiger partial charge is 0.465 e. The van der Waals surface area contributed by atoms with E-state index in [1.165, 1.54) is 31.0 Å². The number of hydrogen-bond donors (Lipinski definition) is 0. The molecule has 0 spiro atoms. The molecule has 0 unspecified atom stereocenters. The van der Waals surface area contributed by atoms with Crippen molar-refractivity contribution in [3.63, 3.8) is 0 Å². The molecular weight excluding hydrogens is 419 g/mol. The van der Waals surface area contributed by atoms with Gasteiger partial charge < -0.3 is 9.47 Å². The molecule has 0 atom stereocenters. The van der Waals surface area contributed by atoms with E-state index >= 15 is 0 Å². The Morgan fingerprint density at radius 3 is 2.26 bits per heavy atom. The van der Waals surface area contributed by atoms with Gasteiger partial charge in [0.15, 0.2) is 5.69 Å². The Hall–Kier alpha value is -3.00. The molecule has 8 heteroatoms. The van der Waals surface area contributed by atoms with E-state index in [-0.39, 0.29) is 22.5 Å². The summed E-state index contributed by atoms with van der Waals surface area (Å²) in [4.78, 5) is 25.0. The summed E-state index contributed by atoms with van der Waals surface area (Å²) in [6, 6.07) is 13.0. The number of carbonyl (C=O) groups excluding carboxylic acids is 2. The van der Waals surface area contributed by atoms with Crippen molar-refractivity contribution in [2.45, 2.75) is 0 Å². The third kappa shape index (κ3) is 3.35. The average molecular weight is 433 g/mol. The van der Waals surface area contributed by atoms with Gasteiger partial charge in [0.05, 0.1) is 25.5 Å². The van der Waals surface area contributed by atoms with Crippen LogP contribution in [0.3, 0.4) is 0 Å². The number of rotatable bonds is 4. The van der Waals surface area contributed by atoms with Crippen LogP contribution < -0.4 is 0 Å². The highest BCUT2D eigenvalue weighted by Gasteiger charge is 2.33. The zero-order chi connectivity index (χ0) is 19.6. The molecular formula is C19H14BrFN2O4. The predicted molar refractivity (Wildman–Crippen MR) is 99.3 cm³/mol. The average Bonchev–Trinajstić information content (AvgIpc) is 3.07. The first-order chi connectivity index (χ1) is 13.0. The standard InChI is InChI=1S/C19H14BrFN2O4/c1-26-18(24)15-16(14-12(20)9-6-10-13(14)21)22-23(17(15)19(25)27-2)11-7-4-3-5-8-11/h3-10H,1-2H3. The van der Waals surface area contributed by atoms with Crippen LogP contribution in [0.2, 0.25) is 0 Å². The highest BCUT2D eigenvalue weighted by molar-refractivity contribution is 9.10. The summed E-state index contributed by atoms with van der Waals surface area (Å²) in [5, 5.41) is 4.36. The molecule has 0 saturated heterocycles. The van der Waals surface area contributed by atoms with Crippen LogP contribution >= 0.6 is 15.9 Å². The molecule has 1 heterocycles. The Balaban J connectivity index is 2.42. The van der Waals surface area contributed by atoms with Crippen LogP contribution in [0.5, 0.6) is 0 Å². The number of ether oxygens (including phenoxy) is 2. The van der Waals surface area contributed by atoms with E-state index in [0.717, 1.165) is 0 Å². The van der Waals surface area contributed by atoms with Crippen molar-refractivity contribution >= 4 is 27.9 Å². The number of halogens is 2. The van der Waals surface area contributed by atoms with Gasteiger partial charge >= 0.3 is 11.9 Å². The van der Waals surface area contributed by atoms with E-state index in [2.05, 4.69) is 21.0 Å². The van der Waals surface area contributed by atoms with Gasteiger partial charge in [0, 0.05) is 4.47 Å². The molecule has 0 fully saturated rings. The van der Waals surface area contributed by atoms with Gasteiger partial charge in [-0.3, -0.25) is 0 Å². The fourth-order valence-electron chi connectivity index (χ4n) is 2.65. The smallest absolute Gasteiger partial charge is 0.357 e. The highest BCUT2D eigenvalue weighted by Crippen LogP contribution is 2.35. The summed E-state index contributed by atoms with van der Waals surface area (Å²) in [7, 11) is 2.36. The number of methoxy groups -OCH3 is 2. The Bertz CT molecular complexity index is 998. The van der Waals surface area contributed by atoms with Gasteiger partial charge in [0.1, 0.15) is 17.1 Å². The zero-order valence-corrected chi connectivity index (χ0v) is 16.0. The number of benzene rings is 2. The molecule has 0 radical (unpaired) electrons. The molecule has 0 amide bonds. The van der Waals surface area contributed by atoms with Crippen molar-refractivity contribution in [3.8, 4) is 16.9 Å². The summed E-state index contributed by atoms with van der Waals surface area (Å²) in [6.07, 6.45) is 0. The molecule has 3 rings (SSSR count). The van der Waals surface area contributed by atoms with Crippen molar-refractivity contribution in [3.05, 3.63) is 70.1 Å². The summed E-state index contributed by atoms with van der Waals surface area (Å²) in [5.74, 6) is -2.24. The minimum atomic E-state index is -0.831. The van der Waals surface area contributed by atoms with Gasteiger partial charge in [-0.25, -0.2) is 18.7 Å².